The number of halogens is 3. The Labute approximate surface area is 97.7 Å². The third-order valence-electron chi connectivity index (χ3n) is 2.07. The minimum atomic E-state index is -3.87. The van der Waals surface area contributed by atoms with Gasteiger partial charge in [0.1, 0.15) is 0 Å². The molecule has 0 aliphatic carbocycles. The fourth-order valence-electron chi connectivity index (χ4n) is 1.30. The van der Waals surface area contributed by atoms with Crippen LogP contribution in [-0.4, -0.2) is 14.3 Å². The fourth-order valence-corrected chi connectivity index (χ4v) is 2.48. The molecule has 1 aromatic carbocycles. The van der Waals surface area contributed by atoms with E-state index in [1.54, 1.807) is 6.07 Å². The zero-order valence-electron chi connectivity index (χ0n) is 8.58. The Kier molecular flexibility index (Phi) is 3.91. The lowest BCUT2D eigenvalue weighted by Gasteiger charge is -2.11. The first-order valence-electron chi connectivity index (χ1n) is 4.60. The molecule has 90 valence electrons. The van der Waals surface area contributed by atoms with Gasteiger partial charge in [0.25, 0.3) is 9.05 Å². The van der Waals surface area contributed by atoms with Gasteiger partial charge in [-0.1, -0.05) is 18.2 Å². The maximum absolute atomic E-state index is 12.7. The molecule has 0 heterocycles. The first-order valence-corrected chi connectivity index (χ1v) is 6.91. The van der Waals surface area contributed by atoms with E-state index in [9.17, 15) is 17.2 Å². The fraction of sp³-hybridized carbons (Fsp3) is 0.400. The molecule has 0 bridgehead atoms. The maximum atomic E-state index is 12.7. The van der Waals surface area contributed by atoms with Crippen molar-refractivity contribution < 1.29 is 17.2 Å². The van der Waals surface area contributed by atoms with Crippen LogP contribution in [0.5, 0.6) is 0 Å². The van der Waals surface area contributed by atoms with E-state index in [0.717, 1.165) is 6.92 Å². The van der Waals surface area contributed by atoms with Gasteiger partial charge < -0.3 is 0 Å². The largest absolute Gasteiger partial charge is 0.261 e. The summed E-state index contributed by atoms with van der Waals surface area (Å²) in [6, 6.07) is 5.89. The molecule has 0 spiro atoms. The summed E-state index contributed by atoms with van der Waals surface area (Å²) in [5, 5.41) is 0. The van der Waals surface area contributed by atoms with Gasteiger partial charge in [-0.2, -0.15) is 0 Å². The topological polar surface area (TPSA) is 34.1 Å². The van der Waals surface area contributed by atoms with Crippen LogP contribution in [0.15, 0.2) is 29.2 Å². The van der Waals surface area contributed by atoms with E-state index in [1.165, 1.54) is 18.2 Å². The minimum Gasteiger partial charge on any atom is -0.207 e. The van der Waals surface area contributed by atoms with Gasteiger partial charge in [-0.25, -0.2) is 17.2 Å². The Bertz CT molecular complexity index is 466. The van der Waals surface area contributed by atoms with E-state index in [-0.39, 0.29) is 11.3 Å². The van der Waals surface area contributed by atoms with E-state index in [0.29, 0.717) is 5.56 Å². The van der Waals surface area contributed by atoms with Crippen molar-refractivity contribution >= 4 is 19.7 Å². The summed E-state index contributed by atoms with van der Waals surface area (Å²) in [6.45, 7) is 0.796. The summed E-state index contributed by atoms with van der Waals surface area (Å²) in [5.74, 6) is -2.82. The highest BCUT2D eigenvalue weighted by molar-refractivity contribution is 8.13. The Morgan fingerprint density at radius 1 is 1.31 bits per heavy atom. The Morgan fingerprint density at radius 2 is 1.88 bits per heavy atom. The molecule has 0 amide bonds. The van der Waals surface area contributed by atoms with Gasteiger partial charge in [-0.05, 0) is 25.0 Å². The Hall–Kier alpha value is -0.680. The highest BCUT2D eigenvalue weighted by Gasteiger charge is 2.22. The van der Waals surface area contributed by atoms with E-state index in [1.807, 2.05) is 0 Å². The molecule has 0 unspecified atom stereocenters. The quantitative estimate of drug-likeness (QED) is 0.786. The molecular weight excluding hydrogens is 258 g/mol. The maximum Gasteiger partial charge on any atom is 0.261 e. The highest BCUT2D eigenvalue weighted by Crippen LogP contribution is 2.25. The number of alkyl halides is 2. The van der Waals surface area contributed by atoms with Gasteiger partial charge in [0.2, 0.25) is 5.92 Å². The van der Waals surface area contributed by atoms with E-state index >= 15 is 0 Å². The highest BCUT2D eigenvalue weighted by atomic mass is 35.7. The molecule has 1 aromatic rings. The molecule has 0 aliphatic rings. The predicted molar refractivity (Wildman–Crippen MR) is 58.4 cm³/mol. The van der Waals surface area contributed by atoms with Crippen molar-refractivity contribution in [1.29, 1.82) is 0 Å². The third-order valence-corrected chi connectivity index (χ3v) is 3.49. The number of rotatable bonds is 4. The molecule has 16 heavy (non-hydrogen) atoms. The lowest BCUT2D eigenvalue weighted by molar-refractivity contribution is 0.0131. The average Bonchev–Trinajstić information content (AvgIpc) is 2.12. The normalized spacial score (nSPS) is 12.8. The van der Waals surface area contributed by atoms with Crippen molar-refractivity contribution in [3.05, 3.63) is 29.8 Å². The van der Waals surface area contributed by atoms with Crippen LogP contribution in [0.4, 0.5) is 8.78 Å². The number of aryl methyl sites for hydroxylation is 1. The van der Waals surface area contributed by atoms with Crippen LogP contribution in [0.3, 0.4) is 0 Å². The Morgan fingerprint density at radius 3 is 2.38 bits per heavy atom. The summed E-state index contributed by atoms with van der Waals surface area (Å²) in [7, 11) is 1.32. The van der Waals surface area contributed by atoms with Gasteiger partial charge in [0.15, 0.2) is 0 Å². The Balaban J connectivity index is 2.97. The summed E-state index contributed by atoms with van der Waals surface area (Å²) in [4.78, 5) is -0.0964. The van der Waals surface area contributed by atoms with Gasteiger partial charge in [0.05, 0.1) is 4.90 Å². The summed E-state index contributed by atoms with van der Waals surface area (Å²) in [5.41, 5.74) is 0.319. The summed E-state index contributed by atoms with van der Waals surface area (Å²) >= 11 is 0. The minimum absolute atomic E-state index is 0.0222. The van der Waals surface area contributed by atoms with Crippen molar-refractivity contribution in [2.45, 2.75) is 30.6 Å². The van der Waals surface area contributed by atoms with Gasteiger partial charge in [0, 0.05) is 17.1 Å². The number of hydrogen-bond donors (Lipinski definition) is 0. The van der Waals surface area contributed by atoms with Crippen LogP contribution < -0.4 is 0 Å². The molecule has 0 aliphatic heterocycles. The lowest BCUT2D eigenvalue weighted by atomic mass is 10.1. The van der Waals surface area contributed by atoms with Crippen LogP contribution in [0.2, 0.25) is 0 Å². The summed E-state index contributed by atoms with van der Waals surface area (Å²) in [6.07, 6.45) is -0.429. The second kappa shape index (κ2) is 4.67. The molecule has 0 atom stereocenters. The molecule has 0 saturated carbocycles. The zero-order valence-corrected chi connectivity index (χ0v) is 10.2. The zero-order chi connectivity index (χ0) is 12.4. The smallest absolute Gasteiger partial charge is 0.207 e. The lowest BCUT2D eigenvalue weighted by Crippen LogP contribution is -2.11. The van der Waals surface area contributed by atoms with Crippen LogP contribution >= 0.6 is 10.7 Å². The second-order valence-corrected chi connectivity index (χ2v) is 6.15. The molecule has 0 fully saturated rings. The molecular formula is C10H11ClF2O2S. The molecule has 0 saturated heterocycles. The van der Waals surface area contributed by atoms with E-state index < -0.39 is 21.4 Å². The van der Waals surface area contributed by atoms with Crippen LogP contribution in [0.1, 0.15) is 18.9 Å². The predicted octanol–water partition coefficient (Wildman–Crippen LogP) is 3.20. The van der Waals surface area contributed by atoms with Crippen molar-refractivity contribution in [3.63, 3.8) is 0 Å². The van der Waals surface area contributed by atoms with Gasteiger partial charge in [-0.3, -0.25) is 0 Å². The van der Waals surface area contributed by atoms with E-state index in [4.69, 9.17) is 10.7 Å². The average molecular weight is 269 g/mol. The number of benzene rings is 1. The molecule has 0 aromatic heterocycles. The SMILES string of the molecule is CC(F)(F)CCc1ccccc1S(=O)(=O)Cl. The molecule has 6 heteroatoms. The third kappa shape index (κ3) is 4.06. The first-order chi connectivity index (χ1) is 7.20. The van der Waals surface area contributed by atoms with Crippen LogP contribution in [0, 0.1) is 0 Å². The number of hydrogen-bond acceptors (Lipinski definition) is 2. The van der Waals surface area contributed by atoms with Crippen molar-refractivity contribution in [2.75, 3.05) is 0 Å². The van der Waals surface area contributed by atoms with Gasteiger partial charge >= 0.3 is 0 Å². The molecule has 0 N–H and O–H groups in total. The molecule has 2 nitrogen and oxygen atoms in total. The second-order valence-electron chi connectivity index (χ2n) is 3.62. The molecule has 0 radical (unpaired) electrons. The van der Waals surface area contributed by atoms with Crippen molar-refractivity contribution in [1.82, 2.24) is 0 Å². The van der Waals surface area contributed by atoms with Crippen LogP contribution in [-0.2, 0) is 15.5 Å². The first kappa shape index (κ1) is 13.4. The monoisotopic (exact) mass is 268 g/mol. The molecule has 1 rings (SSSR count). The van der Waals surface area contributed by atoms with Crippen molar-refractivity contribution in [3.8, 4) is 0 Å². The summed E-state index contributed by atoms with van der Waals surface area (Å²) < 4.78 is 47.6. The van der Waals surface area contributed by atoms with Crippen molar-refractivity contribution in [2.24, 2.45) is 0 Å². The van der Waals surface area contributed by atoms with Gasteiger partial charge in [-0.15, -0.1) is 0 Å². The standard InChI is InChI=1S/C10H11ClF2O2S/c1-10(12,13)7-6-8-4-2-3-5-9(8)16(11,14)15/h2-5H,6-7H2,1H3. The van der Waals surface area contributed by atoms with Crippen LogP contribution in [0.25, 0.3) is 0 Å². The van der Waals surface area contributed by atoms with E-state index in [2.05, 4.69) is 0 Å².